The molecule has 0 bridgehead atoms. The van der Waals surface area contributed by atoms with Crippen molar-refractivity contribution < 1.29 is 5.11 Å². The van der Waals surface area contributed by atoms with Gasteiger partial charge < -0.3 is 5.11 Å². The maximum atomic E-state index is 10.2. The Morgan fingerprint density at radius 1 is 1.00 bits per heavy atom. The van der Waals surface area contributed by atoms with Crippen LogP contribution in [0.2, 0.25) is 0 Å². The van der Waals surface area contributed by atoms with Crippen LogP contribution in [0.5, 0.6) is 0 Å². The third-order valence-corrected chi connectivity index (χ3v) is 5.01. The number of fused-ring (bicyclic) bond motifs is 1. The lowest BCUT2D eigenvalue weighted by atomic mass is 9.51. The van der Waals surface area contributed by atoms with Crippen LogP contribution in [0.25, 0.3) is 0 Å². The van der Waals surface area contributed by atoms with E-state index in [0.717, 1.165) is 12.3 Å². The molecule has 1 N–H and O–H groups in total. The topological polar surface area (TPSA) is 20.2 Å². The lowest BCUT2D eigenvalue weighted by Crippen LogP contribution is -2.51. The van der Waals surface area contributed by atoms with Gasteiger partial charge in [0.2, 0.25) is 0 Å². The van der Waals surface area contributed by atoms with Gasteiger partial charge in [0, 0.05) is 0 Å². The first kappa shape index (κ1) is 10.5. The van der Waals surface area contributed by atoms with Gasteiger partial charge in [0.15, 0.2) is 0 Å². The number of hydrogen-bond acceptors (Lipinski definition) is 1. The van der Waals surface area contributed by atoms with E-state index in [1.54, 1.807) is 0 Å². The Kier molecular flexibility index (Phi) is 2.42. The summed E-state index contributed by atoms with van der Waals surface area (Å²) in [5.74, 6) is 0.743. The van der Waals surface area contributed by atoms with E-state index in [2.05, 4.69) is 20.8 Å². The van der Waals surface area contributed by atoms with Gasteiger partial charge in [-0.3, -0.25) is 0 Å². The lowest BCUT2D eigenvalue weighted by molar-refractivity contribution is -0.114. The van der Waals surface area contributed by atoms with Crippen molar-refractivity contribution in [2.75, 3.05) is 0 Å². The van der Waals surface area contributed by atoms with Crippen LogP contribution >= 0.6 is 0 Å². The SMILES string of the molecule is CC1(C)CCC[C@]2(C)[C@H](O)CCC[C@@H]12. The molecule has 0 radical (unpaired) electrons. The minimum atomic E-state index is -0.0409. The van der Waals surface area contributed by atoms with E-state index >= 15 is 0 Å². The Labute approximate surface area is 87.9 Å². The highest BCUT2D eigenvalue weighted by atomic mass is 16.3. The van der Waals surface area contributed by atoms with E-state index in [1.165, 1.54) is 32.1 Å². The second kappa shape index (κ2) is 3.23. The summed E-state index contributed by atoms with van der Waals surface area (Å²) >= 11 is 0. The van der Waals surface area contributed by atoms with Crippen molar-refractivity contribution in [1.82, 2.24) is 0 Å². The molecule has 3 atom stereocenters. The maximum absolute atomic E-state index is 10.2. The molecule has 0 aliphatic heterocycles. The Morgan fingerprint density at radius 2 is 1.71 bits per heavy atom. The first-order valence-electron chi connectivity index (χ1n) is 6.15. The molecule has 1 nitrogen and oxygen atoms in total. The van der Waals surface area contributed by atoms with Crippen LogP contribution in [0, 0.1) is 16.7 Å². The third kappa shape index (κ3) is 1.41. The highest BCUT2D eigenvalue weighted by Crippen LogP contribution is 2.57. The van der Waals surface area contributed by atoms with Gasteiger partial charge in [0.1, 0.15) is 0 Å². The summed E-state index contributed by atoms with van der Waals surface area (Å²) in [5, 5.41) is 10.2. The summed E-state index contributed by atoms with van der Waals surface area (Å²) in [7, 11) is 0. The zero-order valence-electron chi connectivity index (χ0n) is 9.84. The van der Waals surface area contributed by atoms with Crippen molar-refractivity contribution in [3.63, 3.8) is 0 Å². The summed E-state index contributed by atoms with van der Waals surface area (Å²) in [4.78, 5) is 0. The summed E-state index contributed by atoms with van der Waals surface area (Å²) in [6.07, 6.45) is 7.44. The summed E-state index contributed by atoms with van der Waals surface area (Å²) < 4.78 is 0. The van der Waals surface area contributed by atoms with Crippen LogP contribution in [0.3, 0.4) is 0 Å². The second-order valence-corrected chi connectivity index (χ2v) is 6.35. The zero-order valence-corrected chi connectivity index (χ0v) is 9.84. The minimum absolute atomic E-state index is 0.0409. The molecule has 14 heavy (non-hydrogen) atoms. The van der Waals surface area contributed by atoms with Gasteiger partial charge >= 0.3 is 0 Å². The molecule has 82 valence electrons. The first-order chi connectivity index (χ1) is 6.47. The molecule has 1 heteroatoms. The predicted molar refractivity (Wildman–Crippen MR) is 59.1 cm³/mol. The second-order valence-electron chi connectivity index (χ2n) is 6.35. The highest BCUT2D eigenvalue weighted by molar-refractivity contribution is 5.01. The number of rotatable bonds is 0. The molecular formula is C13H24O. The molecule has 0 aromatic rings. The molecule has 2 rings (SSSR count). The van der Waals surface area contributed by atoms with Gasteiger partial charge in [-0.2, -0.15) is 0 Å². The van der Waals surface area contributed by atoms with Crippen molar-refractivity contribution >= 4 is 0 Å². The van der Waals surface area contributed by atoms with Crippen LogP contribution in [0.15, 0.2) is 0 Å². The normalized spacial score (nSPS) is 47.1. The van der Waals surface area contributed by atoms with E-state index < -0.39 is 0 Å². The standard InChI is InChI=1S/C13H24O/c1-12(2)8-5-9-13(3)10(12)6-4-7-11(13)14/h10-11,14H,4-9H2,1-3H3/t10-,11+,13-/m0/s1. The van der Waals surface area contributed by atoms with Gasteiger partial charge in [0.25, 0.3) is 0 Å². The fraction of sp³-hybridized carbons (Fsp3) is 1.00. The summed E-state index contributed by atoms with van der Waals surface area (Å²) in [5.41, 5.74) is 0.675. The van der Waals surface area contributed by atoms with Crippen molar-refractivity contribution in [3.8, 4) is 0 Å². The Hall–Kier alpha value is -0.0400. The average Bonchev–Trinajstić information content (AvgIpc) is 2.08. The maximum Gasteiger partial charge on any atom is 0.0596 e. The largest absolute Gasteiger partial charge is 0.393 e. The van der Waals surface area contributed by atoms with Gasteiger partial charge in [-0.05, 0) is 42.4 Å². The molecular weight excluding hydrogens is 172 g/mol. The highest BCUT2D eigenvalue weighted by Gasteiger charge is 2.51. The average molecular weight is 196 g/mol. The van der Waals surface area contributed by atoms with Crippen LogP contribution in [-0.2, 0) is 0 Å². The van der Waals surface area contributed by atoms with E-state index in [9.17, 15) is 5.11 Å². The summed E-state index contributed by atoms with van der Waals surface area (Å²) in [6, 6.07) is 0. The molecule has 0 spiro atoms. The van der Waals surface area contributed by atoms with E-state index in [-0.39, 0.29) is 11.5 Å². The predicted octanol–water partition coefficient (Wildman–Crippen LogP) is 3.36. The molecule has 2 saturated carbocycles. The monoisotopic (exact) mass is 196 g/mol. The van der Waals surface area contributed by atoms with Crippen LogP contribution in [0.4, 0.5) is 0 Å². The van der Waals surface area contributed by atoms with Gasteiger partial charge in [0.05, 0.1) is 6.10 Å². The molecule has 0 aromatic carbocycles. The molecule has 0 amide bonds. The number of aliphatic hydroxyl groups excluding tert-OH is 1. The lowest BCUT2D eigenvalue weighted by Gasteiger charge is -2.55. The molecule has 2 aliphatic carbocycles. The van der Waals surface area contributed by atoms with Gasteiger partial charge in [-0.25, -0.2) is 0 Å². The van der Waals surface area contributed by atoms with E-state index in [4.69, 9.17) is 0 Å². The molecule has 2 aliphatic rings. The van der Waals surface area contributed by atoms with Crippen LogP contribution < -0.4 is 0 Å². The Morgan fingerprint density at radius 3 is 2.36 bits per heavy atom. The molecule has 0 heterocycles. The quantitative estimate of drug-likeness (QED) is 0.630. The Balaban J connectivity index is 2.27. The summed E-state index contributed by atoms with van der Waals surface area (Å²) in [6.45, 7) is 7.11. The molecule has 2 fully saturated rings. The van der Waals surface area contributed by atoms with Crippen LogP contribution in [-0.4, -0.2) is 11.2 Å². The third-order valence-electron chi connectivity index (χ3n) is 5.01. The van der Waals surface area contributed by atoms with Crippen molar-refractivity contribution in [3.05, 3.63) is 0 Å². The van der Waals surface area contributed by atoms with E-state index in [1.807, 2.05) is 0 Å². The van der Waals surface area contributed by atoms with Gasteiger partial charge in [-0.15, -0.1) is 0 Å². The number of aliphatic hydroxyl groups is 1. The van der Waals surface area contributed by atoms with E-state index in [0.29, 0.717) is 5.41 Å². The van der Waals surface area contributed by atoms with Crippen molar-refractivity contribution in [1.29, 1.82) is 0 Å². The zero-order chi connectivity index (χ0) is 10.4. The van der Waals surface area contributed by atoms with Crippen molar-refractivity contribution in [2.24, 2.45) is 16.7 Å². The molecule has 0 aromatic heterocycles. The first-order valence-corrected chi connectivity index (χ1v) is 6.15. The fourth-order valence-corrected chi connectivity index (χ4v) is 4.13. The van der Waals surface area contributed by atoms with Gasteiger partial charge in [-0.1, -0.05) is 33.6 Å². The Bertz CT molecular complexity index is 221. The fourth-order valence-electron chi connectivity index (χ4n) is 4.13. The minimum Gasteiger partial charge on any atom is -0.393 e. The molecule has 0 saturated heterocycles. The molecule has 0 unspecified atom stereocenters. The smallest absolute Gasteiger partial charge is 0.0596 e. The number of hydrogen-bond donors (Lipinski definition) is 1. The van der Waals surface area contributed by atoms with Crippen LogP contribution in [0.1, 0.15) is 59.3 Å². The van der Waals surface area contributed by atoms with Crippen molar-refractivity contribution in [2.45, 2.75) is 65.4 Å².